The standard InChI is InChI=1S/C13H19N3O3S/c1-15(2)13(17)12-4-3-9-16(12)20(18,19)11-7-5-10(14)6-8-11/h5-8,12H,3-4,9,14H2,1-2H3. The fraction of sp³-hybridized carbons (Fsp3) is 0.462. The van der Waals surface area contributed by atoms with Crippen molar-refractivity contribution in [2.45, 2.75) is 23.8 Å². The van der Waals surface area contributed by atoms with Gasteiger partial charge in [0, 0.05) is 26.3 Å². The van der Waals surface area contributed by atoms with Gasteiger partial charge in [-0.15, -0.1) is 0 Å². The van der Waals surface area contributed by atoms with Crippen molar-refractivity contribution in [1.82, 2.24) is 9.21 Å². The third kappa shape index (κ3) is 2.64. The molecule has 1 heterocycles. The molecule has 6 nitrogen and oxygen atoms in total. The first-order chi connectivity index (χ1) is 9.34. The van der Waals surface area contributed by atoms with Crippen molar-refractivity contribution < 1.29 is 13.2 Å². The second kappa shape index (κ2) is 5.41. The molecule has 1 atom stereocenters. The van der Waals surface area contributed by atoms with E-state index in [9.17, 15) is 13.2 Å². The molecule has 1 unspecified atom stereocenters. The largest absolute Gasteiger partial charge is 0.399 e. The SMILES string of the molecule is CN(C)C(=O)C1CCCN1S(=O)(=O)c1ccc(N)cc1. The minimum absolute atomic E-state index is 0.171. The minimum Gasteiger partial charge on any atom is -0.399 e. The second-order valence-corrected chi connectivity index (χ2v) is 6.97. The molecule has 110 valence electrons. The number of likely N-dealkylation sites (N-methyl/N-ethyl adjacent to an activating group) is 1. The molecule has 1 aliphatic heterocycles. The lowest BCUT2D eigenvalue weighted by atomic mass is 10.2. The molecular formula is C13H19N3O3S. The summed E-state index contributed by atoms with van der Waals surface area (Å²) in [7, 11) is -0.386. The zero-order valence-corrected chi connectivity index (χ0v) is 12.4. The summed E-state index contributed by atoms with van der Waals surface area (Å²) in [6, 6.07) is 5.44. The molecular weight excluding hydrogens is 278 g/mol. The Morgan fingerprint density at radius 3 is 2.45 bits per heavy atom. The molecule has 2 N–H and O–H groups in total. The molecule has 0 radical (unpaired) electrons. The maximum atomic E-state index is 12.6. The number of hydrogen-bond donors (Lipinski definition) is 1. The molecule has 1 aliphatic rings. The van der Waals surface area contributed by atoms with Gasteiger partial charge >= 0.3 is 0 Å². The van der Waals surface area contributed by atoms with E-state index in [0.29, 0.717) is 25.1 Å². The van der Waals surface area contributed by atoms with Gasteiger partial charge in [-0.2, -0.15) is 4.31 Å². The van der Waals surface area contributed by atoms with Gasteiger partial charge in [0.2, 0.25) is 15.9 Å². The Labute approximate surface area is 119 Å². The van der Waals surface area contributed by atoms with Crippen LogP contribution in [0, 0.1) is 0 Å². The van der Waals surface area contributed by atoms with Crippen LogP contribution in [0.1, 0.15) is 12.8 Å². The molecule has 1 amide bonds. The summed E-state index contributed by atoms with van der Waals surface area (Å²) in [4.78, 5) is 13.7. The van der Waals surface area contributed by atoms with Gasteiger partial charge in [-0.25, -0.2) is 8.42 Å². The Hall–Kier alpha value is -1.60. The highest BCUT2D eigenvalue weighted by Crippen LogP contribution is 2.27. The third-order valence-electron chi connectivity index (χ3n) is 3.42. The first kappa shape index (κ1) is 14.8. The van der Waals surface area contributed by atoms with Crippen LogP contribution in [-0.2, 0) is 14.8 Å². The van der Waals surface area contributed by atoms with Crippen molar-refractivity contribution in [3.63, 3.8) is 0 Å². The molecule has 20 heavy (non-hydrogen) atoms. The molecule has 2 rings (SSSR count). The van der Waals surface area contributed by atoms with Crippen LogP contribution in [0.3, 0.4) is 0 Å². The molecule has 7 heteroatoms. The topological polar surface area (TPSA) is 83.7 Å². The van der Waals surface area contributed by atoms with Crippen molar-refractivity contribution in [3.8, 4) is 0 Å². The van der Waals surface area contributed by atoms with Crippen LogP contribution >= 0.6 is 0 Å². The molecule has 1 fully saturated rings. The number of carbonyl (C=O) groups excluding carboxylic acids is 1. The van der Waals surface area contributed by atoms with Gasteiger partial charge < -0.3 is 10.6 Å². The second-order valence-electron chi connectivity index (χ2n) is 5.08. The normalized spacial score (nSPS) is 20.0. The minimum atomic E-state index is -3.65. The monoisotopic (exact) mass is 297 g/mol. The number of carbonyl (C=O) groups is 1. The number of nitrogens with zero attached hydrogens (tertiary/aromatic N) is 2. The quantitative estimate of drug-likeness (QED) is 0.824. The molecule has 1 aromatic carbocycles. The predicted molar refractivity (Wildman–Crippen MR) is 76.5 cm³/mol. The highest BCUT2D eigenvalue weighted by molar-refractivity contribution is 7.89. The van der Waals surface area contributed by atoms with E-state index in [0.717, 1.165) is 0 Å². The fourth-order valence-electron chi connectivity index (χ4n) is 2.35. The maximum absolute atomic E-state index is 12.6. The fourth-order valence-corrected chi connectivity index (χ4v) is 4.00. The average molecular weight is 297 g/mol. The summed E-state index contributed by atoms with van der Waals surface area (Å²) in [5.74, 6) is -0.179. The molecule has 0 bridgehead atoms. The highest BCUT2D eigenvalue weighted by atomic mass is 32.2. The van der Waals surface area contributed by atoms with Crippen LogP contribution in [0.2, 0.25) is 0 Å². The first-order valence-electron chi connectivity index (χ1n) is 6.42. The van der Waals surface area contributed by atoms with Crippen LogP contribution in [-0.4, -0.2) is 50.2 Å². The Morgan fingerprint density at radius 2 is 1.90 bits per heavy atom. The lowest BCUT2D eigenvalue weighted by molar-refractivity contribution is -0.132. The lowest BCUT2D eigenvalue weighted by Crippen LogP contribution is -2.45. The van der Waals surface area contributed by atoms with Crippen LogP contribution in [0.4, 0.5) is 5.69 Å². The summed E-state index contributed by atoms with van der Waals surface area (Å²) < 4.78 is 26.5. The van der Waals surface area contributed by atoms with Crippen LogP contribution in [0.25, 0.3) is 0 Å². The van der Waals surface area contributed by atoms with E-state index in [1.807, 2.05) is 0 Å². The van der Waals surface area contributed by atoms with Crippen molar-refractivity contribution in [2.75, 3.05) is 26.4 Å². The Bertz CT molecular complexity index is 596. The number of amides is 1. The summed E-state index contributed by atoms with van der Waals surface area (Å²) in [5.41, 5.74) is 6.08. The molecule has 0 spiro atoms. The van der Waals surface area contributed by atoms with E-state index in [2.05, 4.69) is 0 Å². The molecule has 0 saturated carbocycles. The van der Waals surface area contributed by atoms with Gasteiger partial charge in [0.05, 0.1) is 4.90 Å². The zero-order chi connectivity index (χ0) is 14.9. The van der Waals surface area contributed by atoms with E-state index >= 15 is 0 Å². The summed E-state index contributed by atoms with van der Waals surface area (Å²) in [6.45, 7) is 0.372. The van der Waals surface area contributed by atoms with Crippen molar-refractivity contribution >= 4 is 21.6 Å². The third-order valence-corrected chi connectivity index (χ3v) is 5.34. The molecule has 0 aromatic heterocycles. The number of benzene rings is 1. The smallest absolute Gasteiger partial charge is 0.243 e. The van der Waals surface area contributed by atoms with E-state index in [4.69, 9.17) is 5.73 Å². The number of nitrogens with two attached hydrogens (primary N) is 1. The Kier molecular flexibility index (Phi) is 4.01. The lowest BCUT2D eigenvalue weighted by Gasteiger charge is -2.25. The number of anilines is 1. The Balaban J connectivity index is 2.33. The van der Waals surface area contributed by atoms with E-state index in [1.54, 1.807) is 26.2 Å². The van der Waals surface area contributed by atoms with Crippen molar-refractivity contribution in [3.05, 3.63) is 24.3 Å². The maximum Gasteiger partial charge on any atom is 0.243 e. The van der Waals surface area contributed by atoms with Crippen LogP contribution in [0.15, 0.2) is 29.2 Å². The van der Waals surface area contributed by atoms with Gasteiger partial charge in [0.25, 0.3) is 0 Å². The van der Waals surface area contributed by atoms with E-state index in [-0.39, 0.29) is 10.8 Å². The highest BCUT2D eigenvalue weighted by Gasteiger charge is 2.39. The van der Waals surface area contributed by atoms with E-state index < -0.39 is 16.1 Å². The van der Waals surface area contributed by atoms with Gasteiger partial charge in [-0.1, -0.05) is 0 Å². The van der Waals surface area contributed by atoms with Gasteiger partial charge in [-0.05, 0) is 37.1 Å². The van der Waals surface area contributed by atoms with Gasteiger partial charge in [0.1, 0.15) is 6.04 Å². The average Bonchev–Trinajstić information content (AvgIpc) is 2.88. The van der Waals surface area contributed by atoms with Crippen molar-refractivity contribution in [1.29, 1.82) is 0 Å². The van der Waals surface area contributed by atoms with Gasteiger partial charge in [0.15, 0.2) is 0 Å². The summed E-state index contributed by atoms with van der Waals surface area (Å²) in [5, 5.41) is 0. The van der Waals surface area contributed by atoms with E-state index in [1.165, 1.54) is 21.3 Å². The predicted octanol–water partition coefficient (Wildman–Crippen LogP) is 0.510. The number of nitrogen functional groups attached to an aromatic ring is 1. The summed E-state index contributed by atoms with van der Waals surface area (Å²) >= 11 is 0. The zero-order valence-electron chi connectivity index (χ0n) is 11.6. The molecule has 1 aromatic rings. The van der Waals surface area contributed by atoms with Crippen molar-refractivity contribution in [2.24, 2.45) is 0 Å². The Morgan fingerprint density at radius 1 is 1.30 bits per heavy atom. The number of hydrogen-bond acceptors (Lipinski definition) is 4. The summed E-state index contributed by atoms with van der Waals surface area (Å²) in [6.07, 6.45) is 1.25. The first-order valence-corrected chi connectivity index (χ1v) is 7.86. The number of sulfonamides is 1. The number of rotatable bonds is 3. The van der Waals surface area contributed by atoms with Gasteiger partial charge in [-0.3, -0.25) is 4.79 Å². The van der Waals surface area contributed by atoms with Crippen LogP contribution < -0.4 is 5.73 Å². The molecule has 0 aliphatic carbocycles. The van der Waals surface area contributed by atoms with Crippen LogP contribution in [0.5, 0.6) is 0 Å². The molecule has 1 saturated heterocycles.